The van der Waals surface area contributed by atoms with E-state index in [1.54, 1.807) is 18.8 Å². The fourth-order valence-corrected chi connectivity index (χ4v) is 4.24. The summed E-state index contributed by atoms with van der Waals surface area (Å²) in [5.41, 5.74) is 11.6. The van der Waals surface area contributed by atoms with E-state index in [2.05, 4.69) is 24.4 Å². The number of nitrogens with one attached hydrogen (secondary N) is 3. The smallest absolute Gasteiger partial charge is 0.369 e. The fourth-order valence-electron chi connectivity index (χ4n) is 1.86. The summed E-state index contributed by atoms with van der Waals surface area (Å²) >= 11 is 2.99. The van der Waals surface area contributed by atoms with Crippen molar-refractivity contribution in [3.05, 3.63) is 11.1 Å². The van der Waals surface area contributed by atoms with E-state index in [0.29, 0.717) is 23.2 Å². The number of thiazole rings is 1. The zero-order valence-electron chi connectivity index (χ0n) is 17.4. The molecule has 190 valence electrons. The van der Waals surface area contributed by atoms with E-state index < -0.39 is 34.4 Å². The van der Waals surface area contributed by atoms with Gasteiger partial charge < -0.3 is 42.5 Å². The van der Waals surface area contributed by atoms with E-state index in [0.717, 1.165) is 5.69 Å². The number of rotatable bonds is 9. The van der Waals surface area contributed by atoms with Gasteiger partial charge in [0.25, 0.3) is 0 Å². The number of thioether (sulfide) groups is 1. The van der Waals surface area contributed by atoms with Crippen molar-refractivity contribution in [2.75, 3.05) is 24.7 Å². The van der Waals surface area contributed by atoms with Gasteiger partial charge in [0, 0.05) is 30.5 Å². The number of aliphatic hydroxyl groups is 2. The molecule has 0 amide bonds. The number of nitrogens with two attached hydrogens (primary N) is 2. The van der Waals surface area contributed by atoms with Crippen LogP contribution < -0.4 is 22.1 Å². The topological polar surface area (TPSA) is 290 Å². The lowest BCUT2D eigenvalue weighted by Crippen LogP contribution is -2.49. The number of carboxylic acids is 2. The molecule has 0 radical (unpaired) electrons. The maximum absolute atomic E-state index is 11.4. The Hall–Kier alpha value is -3.20. The molecule has 0 saturated carbocycles. The maximum Gasteiger partial charge on any atom is 0.369 e. The molecule has 2 rings (SSSR count). The third-order valence-corrected chi connectivity index (χ3v) is 6.07. The van der Waals surface area contributed by atoms with Crippen molar-refractivity contribution < 1.29 is 38.4 Å². The standard InChI is InChI=1S/C10H17N9O2S3.C4H6O6/c1-19-8(13)17-24(20,21)18-9(19)14-2-3-22-4-6-5-23-10(15-6)16-7(11)12;5-1(3(7)8)2(6)4(9)10/h5H,2-4H2,1H3,(H2,13,17)(H,14,18)(H4,11,12,15,16);1-2,5-6H,(H,7,8)(H,9,10). The van der Waals surface area contributed by atoms with Crippen LogP contribution in [0, 0.1) is 5.41 Å². The molecule has 1 aliphatic rings. The Bertz CT molecular complexity index is 1040. The number of hydrogen-bond donors (Lipinski definition) is 9. The highest BCUT2D eigenvalue weighted by Crippen LogP contribution is 2.19. The van der Waals surface area contributed by atoms with Gasteiger partial charge in [0.05, 0.1) is 5.69 Å². The van der Waals surface area contributed by atoms with Gasteiger partial charge in [-0.3, -0.25) is 10.3 Å². The Morgan fingerprint density at radius 2 is 1.85 bits per heavy atom. The second-order valence-electron chi connectivity index (χ2n) is 6.10. The SMILES string of the molecule is CN1C(N)=NS(=O)(=O)N=C1NCCSCc1csc(NC(=N)N)n1.O=C(O)C(O)C(O)C(=O)O. The Morgan fingerprint density at radius 1 is 1.26 bits per heavy atom. The minimum absolute atomic E-state index is 0.131. The molecule has 2 atom stereocenters. The monoisotopic (exact) mass is 541 g/mol. The largest absolute Gasteiger partial charge is 0.479 e. The first-order valence-electron chi connectivity index (χ1n) is 8.86. The molecular formula is C14H23N9O8S3. The van der Waals surface area contributed by atoms with Crippen LogP contribution in [-0.2, 0) is 25.6 Å². The first kappa shape index (κ1) is 28.8. The normalized spacial score (nSPS) is 16.1. The summed E-state index contributed by atoms with van der Waals surface area (Å²) in [5, 5.41) is 47.7. The number of carboxylic acid groups (broad SMARTS) is 2. The highest BCUT2D eigenvalue weighted by molar-refractivity contribution is 7.98. The Kier molecular flexibility index (Phi) is 10.9. The summed E-state index contributed by atoms with van der Waals surface area (Å²) in [5.74, 6) is -2.29. The van der Waals surface area contributed by atoms with Crippen LogP contribution in [0.2, 0.25) is 0 Å². The van der Waals surface area contributed by atoms with E-state index in [-0.39, 0.29) is 17.9 Å². The molecule has 11 N–H and O–H groups in total. The van der Waals surface area contributed by atoms with Crippen LogP contribution in [0.25, 0.3) is 0 Å². The van der Waals surface area contributed by atoms with E-state index in [9.17, 15) is 18.0 Å². The minimum Gasteiger partial charge on any atom is -0.479 e. The van der Waals surface area contributed by atoms with Gasteiger partial charge in [-0.05, 0) is 0 Å². The number of aromatic nitrogens is 1. The van der Waals surface area contributed by atoms with Crippen LogP contribution in [0.3, 0.4) is 0 Å². The maximum atomic E-state index is 11.4. The zero-order chi connectivity index (χ0) is 26.1. The average Bonchev–Trinajstić information content (AvgIpc) is 3.16. The first-order chi connectivity index (χ1) is 15.7. The number of aliphatic hydroxyl groups excluding tert-OH is 2. The molecule has 20 heteroatoms. The summed E-state index contributed by atoms with van der Waals surface area (Å²) in [4.78, 5) is 25.2. The highest BCUT2D eigenvalue weighted by atomic mass is 32.2. The van der Waals surface area contributed by atoms with Crippen molar-refractivity contribution in [2.45, 2.75) is 18.0 Å². The van der Waals surface area contributed by atoms with Crippen LogP contribution in [0.15, 0.2) is 14.2 Å². The van der Waals surface area contributed by atoms with Crippen LogP contribution in [0.5, 0.6) is 0 Å². The van der Waals surface area contributed by atoms with Crippen molar-refractivity contribution in [2.24, 2.45) is 20.3 Å². The van der Waals surface area contributed by atoms with E-state index in [1.165, 1.54) is 16.2 Å². The fraction of sp³-hybridized carbons (Fsp3) is 0.429. The average molecular weight is 542 g/mol. The predicted octanol–water partition coefficient (Wildman–Crippen LogP) is -2.99. The van der Waals surface area contributed by atoms with Crippen molar-refractivity contribution in [3.63, 3.8) is 0 Å². The minimum atomic E-state index is -3.91. The zero-order valence-corrected chi connectivity index (χ0v) is 19.9. The third kappa shape index (κ3) is 9.74. The molecule has 17 nitrogen and oxygen atoms in total. The lowest BCUT2D eigenvalue weighted by Gasteiger charge is -2.23. The van der Waals surface area contributed by atoms with Gasteiger partial charge in [0.15, 0.2) is 23.3 Å². The molecule has 1 aromatic rings. The Labute approximate surface area is 201 Å². The molecule has 1 aliphatic heterocycles. The van der Waals surface area contributed by atoms with Crippen LogP contribution in [0.1, 0.15) is 5.69 Å². The predicted molar refractivity (Wildman–Crippen MR) is 125 cm³/mol. The number of guanidine groups is 3. The van der Waals surface area contributed by atoms with Crippen molar-refractivity contribution in [3.8, 4) is 0 Å². The number of anilines is 1. The molecule has 0 fully saturated rings. The van der Waals surface area contributed by atoms with Gasteiger partial charge in [-0.1, -0.05) is 0 Å². The Morgan fingerprint density at radius 3 is 2.38 bits per heavy atom. The summed E-state index contributed by atoms with van der Waals surface area (Å²) in [7, 11) is -2.34. The molecular weight excluding hydrogens is 518 g/mol. The van der Waals surface area contributed by atoms with Crippen molar-refractivity contribution in [1.82, 2.24) is 15.2 Å². The molecule has 0 aliphatic carbocycles. The number of hydrogen-bond acceptors (Lipinski definition) is 13. The summed E-state index contributed by atoms with van der Waals surface area (Å²) in [6.07, 6.45) is -4.53. The second kappa shape index (κ2) is 12.9. The van der Waals surface area contributed by atoms with Crippen molar-refractivity contribution in [1.29, 1.82) is 5.41 Å². The second-order valence-corrected chi connectivity index (χ2v) is 9.32. The van der Waals surface area contributed by atoms with Crippen LogP contribution >= 0.6 is 23.1 Å². The summed E-state index contributed by atoms with van der Waals surface area (Å²) in [6, 6.07) is 0. The third-order valence-electron chi connectivity index (χ3n) is 3.45. The van der Waals surface area contributed by atoms with Crippen molar-refractivity contribution >= 4 is 68.3 Å². The lowest BCUT2D eigenvalue weighted by molar-refractivity contribution is -0.165. The van der Waals surface area contributed by atoms with Crippen LogP contribution in [0.4, 0.5) is 5.13 Å². The first-order valence-corrected chi connectivity index (χ1v) is 12.3. The van der Waals surface area contributed by atoms with Gasteiger partial charge >= 0.3 is 22.1 Å². The molecule has 2 heterocycles. The van der Waals surface area contributed by atoms with Gasteiger partial charge in [0.2, 0.25) is 11.9 Å². The molecule has 2 unspecified atom stereocenters. The quantitative estimate of drug-likeness (QED) is 0.0855. The van der Waals surface area contributed by atoms with Gasteiger partial charge in [0.1, 0.15) is 0 Å². The van der Waals surface area contributed by atoms with Gasteiger partial charge in [-0.15, -0.1) is 20.1 Å². The van der Waals surface area contributed by atoms with E-state index in [4.69, 9.17) is 37.3 Å². The number of carbonyl (C=O) groups is 2. The number of aliphatic carboxylic acids is 2. The van der Waals surface area contributed by atoms with Gasteiger partial charge in [-0.2, -0.15) is 20.2 Å². The summed E-state index contributed by atoms with van der Waals surface area (Å²) in [6.45, 7) is 0.499. The highest BCUT2D eigenvalue weighted by Gasteiger charge is 2.29. The molecule has 1 aromatic heterocycles. The molecule has 34 heavy (non-hydrogen) atoms. The Balaban J connectivity index is 0.000000489. The van der Waals surface area contributed by atoms with E-state index >= 15 is 0 Å². The summed E-state index contributed by atoms with van der Waals surface area (Å²) < 4.78 is 29.6. The molecule has 0 aromatic carbocycles. The molecule has 0 spiro atoms. The lowest BCUT2D eigenvalue weighted by atomic mass is 10.2. The molecule has 0 bridgehead atoms. The molecule has 0 saturated heterocycles. The van der Waals surface area contributed by atoms with Gasteiger partial charge in [-0.25, -0.2) is 14.6 Å². The van der Waals surface area contributed by atoms with Crippen LogP contribution in [-0.4, -0.2) is 100 Å². The number of nitrogens with zero attached hydrogens (tertiary/aromatic N) is 4. The van der Waals surface area contributed by atoms with E-state index in [1.807, 2.05) is 5.38 Å².